The molecule has 132 valence electrons. The highest BCUT2D eigenvalue weighted by Crippen LogP contribution is 2.25. The number of amides is 1. The number of aromatic nitrogens is 2. The summed E-state index contributed by atoms with van der Waals surface area (Å²) in [6.45, 7) is 0. The van der Waals surface area contributed by atoms with Crippen LogP contribution in [0.15, 0.2) is 72.3 Å². The van der Waals surface area contributed by atoms with Crippen molar-refractivity contribution in [3.63, 3.8) is 0 Å². The van der Waals surface area contributed by atoms with Gasteiger partial charge in [0.15, 0.2) is 0 Å². The number of carbonyl (C=O) groups excluding carboxylic acids is 1. The first-order chi connectivity index (χ1) is 13.2. The minimum Gasteiger partial charge on any atom is -0.322 e. The molecule has 0 bridgehead atoms. The second-order valence-corrected chi connectivity index (χ2v) is 6.64. The third-order valence-electron chi connectivity index (χ3n) is 3.92. The van der Waals surface area contributed by atoms with Crippen LogP contribution < -0.4 is 5.32 Å². The van der Waals surface area contributed by atoms with Crippen molar-refractivity contribution < 1.29 is 9.18 Å². The topological polar surface area (TPSA) is 54.9 Å². The Balaban J connectivity index is 1.48. The minimum atomic E-state index is -0.282. The van der Waals surface area contributed by atoms with Crippen LogP contribution in [0.4, 0.5) is 10.1 Å². The molecule has 1 N–H and O–H groups in total. The van der Waals surface area contributed by atoms with Crippen molar-refractivity contribution in [2.75, 3.05) is 5.32 Å². The van der Waals surface area contributed by atoms with Crippen molar-refractivity contribution in [1.29, 1.82) is 0 Å². The number of benzene rings is 2. The van der Waals surface area contributed by atoms with Gasteiger partial charge in [-0.3, -0.25) is 9.78 Å². The number of halogens is 1. The summed E-state index contributed by atoms with van der Waals surface area (Å²) in [5.41, 5.74) is 3.05. The molecule has 6 heteroatoms. The lowest BCUT2D eigenvalue weighted by Gasteiger charge is -2.05. The zero-order valence-corrected chi connectivity index (χ0v) is 14.9. The zero-order valence-electron chi connectivity index (χ0n) is 14.1. The molecule has 4 aromatic rings. The van der Waals surface area contributed by atoms with Crippen molar-refractivity contribution in [3.05, 3.63) is 83.8 Å². The third kappa shape index (κ3) is 3.91. The van der Waals surface area contributed by atoms with Crippen LogP contribution in [-0.4, -0.2) is 15.9 Å². The van der Waals surface area contributed by atoms with Crippen LogP contribution >= 0.6 is 11.3 Å². The Bertz CT molecular complexity index is 1130. The summed E-state index contributed by atoms with van der Waals surface area (Å²) >= 11 is 1.44. The molecule has 0 saturated heterocycles. The maximum absolute atomic E-state index is 13.0. The van der Waals surface area contributed by atoms with E-state index < -0.39 is 0 Å². The normalized spacial score (nSPS) is 11.1. The van der Waals surface area contributed by atoms with Crippen molar-refractivity contribution in [2.24, 2.45) is 0 Å². The molecule has 0 fully saturated rings. The fourth-order valence-corrected chi connectivity index (χ4v) is 3.43. The molecular weight excluding hydrogens is 361 g/mol. The van der Waals surface area contributed by atoms with Gasteiger partial charge in [0.1, 0.15) is 10.8 Å². The molecule has 1 amide bonds. The molecule has 2 aromatic carbocycles. The molecule has 0 spiro atoms. The Morgan fingerprint density at radius 2 is 1.93 bits per heavy atom. The predicted octanol–water partition coefficient (Wildman–Crippen LogP) is 5.15. The Morgan fingerprint density at radius 1 is 1.07 bits per heavy atom. The standard InChI is InChI=1S/C21H14FN3OS/c22-15-8-6-14(7-9-15)21-24-16(13-27-21)10-11-20(26)25-19-5-1-4-18-17(19)3-2-12-23-18/h1-13H,(H,25,26)/b11-10+. The smallest absolute Gasteiger partial charge is 0.248 e. The quantitative estimate of drug-likeness (QED) is 0.502. The number of anilines is 1. The summed E-state index contributed by atoms with van der Waals surface area (Å²) < 4.78 is 13.0. The molecule has 2 aromatic heterocycles. The van der Waals surface area contributed by atoms with Gasteiger partial charge in [0.25, 0.3) is 0 Å². The lowest BCUT2D eigenvalue weighted by molar-refractivity contribution is -0.111. The second kappa shape index (κ2) is 7.47. The van der Waals surface area contributed by atoms with Gasteiger partial charge in [-0.05, 0) is 54.6 Å². The lowest BCUT2D eigenvalue weighted by Crippen LogP contribution is -2.08. The zero-order chi connectivity index (χ0) is 18.6. The molecule has 4 nitrogen and oxygen atoms in total. The Labute approximate surface area is 159 Å². The molecule has 0 aliphatic heterocycles. The van der Waals surface area contributed by atoms with E-state index in [1.807, 2.05) is 35.7 Å². The molecule has 4 rings (SSSR count). The number of rotatable bonds is 4. The van der Waals surface area contributed by atoms with Crippen molar-refractivity contribution in [2.45, 2.75) is 0 Å². The van der Waals surface area contributed by atoms with Crippen molar-refractivity contribution in [1.82, 2.24) is 9.97 Å². The van der Waals surface area contributed by atoms with Crippen LogP contribution in [0.2, 0.25) is 0 Å². The van der Waals surface area contributed by atoms with E-state index in [4.69, 9.17) is 0 Å². The number of carbonyl (C=O) groups is 1. The number of nitrogens with zero attached hydrogens (tertiary/aromatic N) is 2. The van der Waals surface area contributed by atoms with Gasteiger partial charge in [0.05, 0.1) is 16.9 Å². The van der Waals surface area contributed by atoms with Gasteiger partial charge in [-0.1, -0.05) is 6.07 Å². The van der Waals surface area contributed by atoms with Gasteiger partial charge < -0.3 is 5.32 Å². The van der Waals surface area contributed by atoms with E-state index in [1.165, 1.54) is 29.5 Å². The van der Waals surface area contributed by atoms with Crippen molar-refractivity contribution >= 4 is 39.9 Å². The maximum Gasteiger partial charge on any atom is 0.248 e. The highest BCUT2D eigenvalue weighted by atomic mass is 32.1. The molecule has 0 unspecified atom stereocenters. The van der Waals surface area contributed by atoms with Crippen LogP contribution in [0, 0.1) is 5.82 Å². The molecule has 0 aliphatic carbocycles. The van der Waals surface area contributed by atoms with Crippen LogP contribution in [0.1, 0.15) is 5.69 Å². The summed E-state index contributed by atoms with van der Waals surface area (Å²) in [5.74, 6) is -0.529. The largest absolute Gasteiger partial charge is 0.322 e. The SMILES string of the molecule is O=C(/C=C/c1csc(-c2ccc(F)cc2)n1)Nc1cccc2ncccc12. The fraction of sp³-hybridized carbons (Fsp3) is 0. The number of hydrogen-bond acceptors (Lipinski definition) is 4. The average Bonchev–Trinajstić information content (AvgIpc) is 3.16. The van der Waals surface area contributed by atoms with E-state index in [0.717, 1.165) is 21.5 Å². The number of pyridine rings is 1. The summed E-state index contributed by atoms with van der Waals surface area (Å²) in [5, 5.41) is 6.38. The molecule has 0 saturated carbocycles. The van der Waals surface area contributed by atoms with Crippen LogP contribution in [-0.2, 0) is 4.79 Å². The number of hydrogen-bond donors (Lipinski definition) is 1. The van der Waals surface area contributed by atoms with E-state index in [-0.39, 0.29) is 11.7 Å². The maximum atomic E-state index is 13.0. The fourth-order valence-electron chi connectivity index (χ4n) is 2.64. The monoisotopic (exact) mass is 375 g/mol. The van der Waals surface area contributed by atoms with E-state index in [1.54, 1.807) is 24.4 Å². The lowest BCUT2D eigenvalue weighted by atomic mass is 10.2. The van der Waals surface area contributed by atoms with Gasteiger partial charge in [0, 0.05) is 28.6 Å². The molecular formula is C21H14FN3OS. The molecule has 0 aliphatic rings. The van der Waals surface area contributed by atoms with E-state index in [0.29, 0.717) is 11.4 Å². The van der Waals surface area contributed by atoms with Crippen LogP contribution in [0.5, 0.6) is 0 Å². The Morgan fingerprint density at radius 3 is 2.78 bits per heavy atom. The van der Waals surface area contributed by atoms with Crippen LogP contribution in [0.3, 0.4) is 0 Å². The number of fused-ring (bicyclic) bond motifs is 1. The second-order valence-electron chi connectivity index (χ2n) is 5.78. The number of thiazole rings is 1. The van der Waals surface area contributed by atoms with E-state index in [2.05, 4.69) is 15.3 Å². The first kappa shape index (κ1) is 17.1. The summed E-state index contributed by atoms with van der Waals surface area (Å²) in [6, 6.07) is 15.5. The minimum absolute atomic E-state index is 0.248. The first-order valence-electron chi connectivity index (χ1n) is 8.23. The molecule has 2 heterocycles. The Kier molecular flexibility index (Phi) is 4.72. The van der Waals surface area contributed by atoms with Gasteiger partial charge >= 0.3 is 0 Å². The Hall–Kier alpha value is -3.38. The summed E-state index contributed by atoms with van der Waals surface area (Å²) in [6.07, 6.45) is 4.82. The van der Waals surface area contributed by atoms with Gasteiger partial charge in [-0.15, -0.1) is 11.3 Å². The average molecular weight is 375 g/mol. The predicted molar refractivity (Wildman–Crippen MR) is 107 cm³/mol. The highest BCUT2D eigenvalue weighted by molar-refractivity contribution is 7.13. The highest BCUT2D eigenvalue weighted by Gasteiger charge is 2.06. The molecule has 0 radical (unpaired) electrons. The first-order valence-corrected chi connectivity index (χ1v) is 9.11. The summed E-state index contributed by atoms with van der Waals surface area (Å²) in [7, 11) is 0. The summed E-state index contributed by atoms with van der Waals surface area (Å²) in [4.78, 5) is 21.0. The van der Waals surface area contributed by atoms with Crippen LogP contribution in [0.25, 0.3) is 27.6 Å². The van der Waals surface area contributed by atoms with Crippen molar-refractivity contribution in [3.8, 4) is 10.6 Å². The van der Waals surface area contributed by atoms with Gasteiger partial charge in [-0.25, -0.2) is 9.37 Å². The van der Waals surface area contributed by atoms with E-state index in [9.17, 15) is 9.18 Å². The number of nitrogens with one attached hydrogen (secondary N) is 1. The van der Waals surface area contributed by atoms with Gasteiger partial charge in [-0.2, -0.15) is 0 Å². The third-order valence-corrected chi connectivity index (χ3v) is 4.83. The molecule has 0 atom stereocenters. The molecule has 27 heavy (non-hydrogen) atoms. The van der Waals surface area contributed by atoms with E-state index >= 15 is 0 Å². The van der Waals surface area contributed by atoms with Gasteiger partial charge in [0.2, 0.25) is 5.91 Å².